The molecule has 0 aliphatic rings. The second kappa shape index (κ2) is 6.64. The van der Waals surface area contributed by atoms with Crippen molar-refractivity contribution in [2.75, 3.05) is 19.5 Å². The molecule has 0 radical (unpaired) electrons. The van der Waals surface area contributed by atoms with Gasteiger partial charge in [0.2, 0.25) is 0 Å². The molecule has 0 fully saturated rings. The molecule has 0 saturated carbocycles. The molecule has 5 heteroatoms. The van der Waals surface area contributed by atoms with Crippen LogP contribution in [0.1, 0.15) is 35.4 Å². The molecule has 4 nitrogen and oxygen atoms in total. The van der Waals surface area contributed by atoms with Crippen molar-refractivity contribution in [2.24, 2.45) is 7.05 Å². The summed E-state index contributed by atoms with van der Waals surface area (Å²) in [7, 11) is 3.62. The fourth-order valence-electron chi connectivity index (χ4n) is 1.73. The standard InChI is InChI=1S/C12H20ClN3O/c1-10-9-11(16(3)14-10)12(17)15(2)8-6-4-5-7-13/h9H,4-8H2,1-3H3. The molecule has 0 atom stereocenters. The molecule has 1 aromatic heterocycles. The Morgan fingerprint density at radius 3 is 2.71 bits per heavy atom. The summed E-state index contributed by atoms with van der Waals surface area (Å²) in [4.78, 5) is 13.8. The molecule has 0 saturated heterocycles. The van der Waals surface area contributed by atoms with Crippen molar-refractivity contribution in [1.82, 2.24) is 14.7 Å². The lowest BCUT2D eigenvalue weighted by molar-refractivity contribution is 0.0782. The minimum Gasteiger partial charge on any atom is -0.340 e. The second-order valence-electron chi connectivity index (χ2n) is 4.27. The number of hydrogen-bond donors (Lipinski definition) is 0. The largest absolute Gasteiger partial charge is 0.340 e. The zero-order valence-electron chi connectivity index (χ0n) is 10.7. The van der Waals surface area contributed by atoms with Crippen LogP contribution >= 0.6 is 11.6 Å². The zero-order valence-corrected chi connectivity index (χ0v) is 11.5. The van der Waals surface area contributed by atoms with E-state index in [2.05, 4.69) is 5.10 Å². The van der Waals surface area contributed by atoms with Crippen LogP contribution in [0, 0.1) is 6.92 Å². The summed E-state index contributed by atoms with van der Waals surface area (Å²) in [6.45, 7) is 2.65. The molecule has 1 amide bonds. The maximum atomic E-state index is 12.1. The van der Waals surface area contributed by atoms with Gasteiger partial charge < -0.3 is 4.90 Å². The number of unbranched alkanes of at least 4 members (excludes halogenated alkanes) is 2. The van der Waals surface area contributed by atoms with Crippen LogP contribution in [0.15, 0.2) is 6.07 Å². The molecule has 0 spiro atoms. The highest BCUT2D eigenvalue weighted by atomic mass is 35.5. The highest BCUT2D eigenvalue weighted by Gasteiger charge is 2.15. The van der Waals surface area contributed by atoms with E-state index in [0.29, 0.717) is 11.6 Å². The van der Waals surface area contributed by atoms with E-state index in [1.165, 1.54) is 0 Å². The van der Waals surface area contributed by atoms with E-state index >= 15 is 0 Å². The first-order chi connectivity index (χ1) is 8.06. The Kier molecular flexibility index (Phi) is 5.48. The van der Waals surface area contributed by atoms with E-state index in [0.717, 1.165) is 31.5 Å². The molecule has 0 aliphatic heterocycles. The number of alkyl halides is 1. The molecule has 1 heterocycles. The summed E-state index contributed by atoms with van der Waals surface area (Å²) in [6.07, 6.45) is 3.06. The number of aryl methyl sites for hydroxylation is 2. The Morgan fingerprint density at radius 1 is 1.47 bits per heavy atom. The predicted octanol–water partition coefficient (Wildman–Crippen LogP) is 2.21. The summed E-state index contributed by atoms with van der Waals surface area (Å²) < 4.78 is 1.63. The van der Waals surface area contributed by atoms with E-state index < -0.39 is 0 Å². The zero-order chi connectivity index (χ0) is 12.8. The van der Waals surface area contributed by atoms with Gasteiger partial charge in [-0.2, -0.15) is 5.10 Å². The fourth-order valence-corrected chi connectivity index (χ4v) is 1.92. The van der Waals surface area contributed by atoms with Crippen molar-refractivity contribution in [3.63, 3.8) is 0 Å². The average molecular weight is 258 g/mol. The Balaban J connectivity index is 2.49. The van der Waals surface area contributed by atoms with Gasteiger partial charge in [0, 0.05) is 26.5 Å². The number of aromatic nitrogens is 2. The van der Waals surface area contributed by atoms with Crippen LogP contribution in [0.3, 0.4) is 0 Å². The highest BCUT2D eigenvalue weighted by Crippen LogP contribution is 2.07. The topological polar surface area (TPSA) is 38.1 Å². The van der Waals surface area contributed by atoms with Crippen molar-refractivity contribution in [3.05, 3.63) is 17.5 Å². The first kappa shape index (κ1) is 14.0. The van der Waals surface area contributed by atoms with E-state index in [4.69, 9.17) is 11.6 Å². The SMILES string of the molecule is Cc1cc(C(=O)N(C)CCCCCCl)n(C)n1. The van der Waals surface area contributed by atoms with Gasteiger partial charge in [-0.25, -0.2) is 0 Å². The quantitative estimate of drug-likeness (QED) is 0.579. The Bertz CT molecular complexity index is 376. The average Bonchev–Trinajstić information content (AvgIpc) is 2.62. The smallest absolute Gasteiger partial charge is 0.271 e. The minimum atomic E-state index is 0.0268. The molecule has 0 aliphatic carbocycles. The van der Waals surface area contributed by atoms with Crippen LogP contribution in [0.25, 0.3) is 0 Å². The third-order valence-electron chi connectivity index (χ3n) is 2.69. The Hall–Kier alpha value is -1.03. The second-order valence-corrected chi connectivity index (χ2v) is 4.65. The van der Waals surface area contributed by atoms with Gasteiger partial charge >= 0.3 is 0 Å². The summed E-state index contributed by atoms with van der Waals surface area (Å²) in [6, 6.07) is 1.82. The van der Waals surface area contributed by atoms with Crippen molar-refractivity contribution in [3.8, 4) is 0 Å². The Labute approximate surface area is 108 Å². The number of halogens is 1. The molecular formula is C12H20ClN3O. The summed E-state index contributed by atoms with van der Waals surface area (Å²) in [5, 5.41) is 4.18. The highest BCUT2D eigenvalue weighted by molar-refractivity contribution is 6.17. The predicted molar refractivity (Wildman–Crippen MR) is 69.5 cm³/mol. The van der Waals surface area contributed by atoms with Crippen LogP contribution in [0.4, 0.5) is 0 Å². The molecule has 1 rings (SSSR count). The molecular weight excluding hydrogens is 238 g/mol. The number of carbonyl (C=O) groups is 1. The van der Waals surface area contributed by atoms with Crippen molar-refractivity contribution in [2.45, 2.75) is 26.2 Å². The molecule has 0 unspecified atom stereocenters. The van der Waals surface area contributed by atoms with E-state index in [-0.39, 0.29) is 5.91 Å². The van der Waals surface area contributed by atoms with Crippen LogP contribution in [0.5, 0.6) is 0 Å². The van der Waals surface area contributed by atoms with Gasteiger partial charge in [-0.3, -0.25) is 9.48 Å². The van der Waals surface area contributed by atoms with Gasteiger partial charge in [-0.1, -0.05) is 6.42 Å². The van der Waals surface area contributed by atoms with Crippen molar-refractivity contribution >= 4 is 17.5 Å². The van der Waals surface area contributed by atoms with Gasteiger partial charge in [0.15, 0.2) is 0 Å². The number of nitrogens with zero attached hydrogens (tertiary/aromatic N) is 3. The summed E-state index contributed by atoms with van der Waals surface area (Å²) >= 11 is 5.61. The van der Waals surface area contributed by atoms with Gasteiger partial charge in [-0.15, -0.1) is 11.6 Å². The third kappa shape index (κ3) is 4.04. The van der Waals surface area contributed by atoms with Crippen molar-refractivity contribution < 1.29 is 4.79 Å². The summed E-state index contributed by atoms with van der Waals surface area (Å²) in [5.41, 5.74) is 1.51. The number of amides is 1. The number of carbonyl (C=O) groups excluding carboxylic acids is 1. The monoisotopic (exact) mass is 257 g/mol. The Morgan fingerprint density at radius 2 is 2.18 bits per heavy atom. The first-order valence-electron chi connectivity index (χ1n) is 5.88. The van der Waals surface area contributed by atoms with Crippen LogP contribution in [-0.4, -0.2) is 40.1 Å². The van der Waals surface area contributed by atoms with Crippen molar-refractivity contribution in [1.29, 1.82) is 0 Å². The normalized spacial score (nSPS) is 10.6. The maximum Gasteiger partial charge on any atom is 0.271 e. The van der Waals surface area contributed by atoms with Crippen LogP contribution in [0.2, 0.25) is 0 Å². The molecule has 0 N–H and O–H groups in total. The van der Waals surface area contributed by atoms with Crippen LogP contribution in [-0.2, 0) is 7.05 Å². The lowest BCUT2D eigenvalue weighted by Gasteiger charge is -2.16. The van der Waals surface area contributed by atoms with E-state index in [9.17, 15) is 4.79 Å². The summed E-state index contributed by atoms with van der Waals surface area (Å²) in [5.74, 6) is 0.720. The van der Waals surface area contributed by atoms with E-state index in [1.54, 1.807) is 16.6 Å². The molecule has 17 heavy (non-hydrogen) atoms. The molecule has 1 aromatic rings. The van der Waals surface area contributed by atoms with Gasteiger partial charge in [-0.05, 0) is 25.8 Å². The first-order valence-corrected chi connectivity index (χ1v) is 6.41. The fraction of sp³-hybridized carbons (Fsp3) is 0.667. The lowest BCUT2D eigenvalue weighted by Crippen LogP contribution is -2.29. The minimum absolute atomic E-state index is 0.0268. The number of hydrogen-bond acceptors (Lipinski definition) is 2. The maximum absolute atomic E-state index is 12.1. The number of rotatable bonds is 6. The van der Waals surface area contributed by atoms with E-state index in [1.807, 2.05) is 20.0 Å². The molecule has 0 bridgehead atoms. The molecule has 0 aromatic carbocycles. The van der Waals surface area contributed by atoms with Gasteiger partial charge in [0.1, 0.15) is 5.69 Å². The third-order valence-corrected chi connectivity index (χ3v) is 2.96. The lowest BCUT2D eigenvalue weighted by atomic mass is 10.2. The molecule has 96 valence electrons. The van der Waals surface area contributed by atoms with Crippen LogP contribution < -0.4 is 0 Å². The van der Waals surface area contributed by atoms with Gasteiger partial charge in [0.25, 0.3) is 5.91 Å². The van der Waals surface area contributed by atoms with Gasteiger partial charge in [0.05, 0.1) is 5.69 Å².